The molecule has 1 rings (SSSR count). The Balaban J connectivity index is 2.32. The van der Waals surface area contributed by atoms with E-state index in [4.69, 9.17) is 5.73 Å². The predicted octanol–water partition coefficient (Wildman–Crippen LogP) is -0.843. The fraction of sp³-hybridized carbons (Fsp3) is 0.875. The zero-order valence-corrected chi connectivity index (χ0v) is 7.38. The second kappa shape index (κ2) is 5.11. The molecule has 0 atom stereocenters. The van der Waals surface area contributed by atoms with Crippen LogP contribution in [-0.4, -0.2) is 43.5 Å². The average molecular weight is 171 g/mol. The number of carbonyl (C=O) groups is 1. The van der Waals surface area contributed by atoms with Crippen molar-refractivity contribution in [3.05, 3.63) is 0 Å². The largest absolute Gasteiger partial charge is 0.341 e. The third-order valence-corrected chi connectivity index (χ3v) is 2.05. The summed E-state index contributed by atoms with van der Waals surface area (Å²) in [5.41, 5.74) is 5.31. The molecule has 70 valence electrons. The van der Waals surface area contributed by atoms with Gasteiger partial charge in [0.1, 0.15) is 0 Å². The van der Waals surface area contributed by atoms with Crippen molar-refractivity contribution in [3.8, 4) is 0 Å². The van der Waals surface area contributed by atoms with Crippen molar-refractivity contribution in [1.82, 2.24) is 10.2 Å². The van der Waals surface area contributed by atoms with E-state index >= 15 is 0 Å². The molecule has 0 aromatic carbocycles. The van der Waals surface area contributed by atoms with Gasteiger partial charge >= 0.3 is 0 Å². The minimum atomic E-state index is 0.196. The molecule has 0 saturated carbocycles. The number of amides is 1. The molecule has 3 N–H and O–H groups in total. The second-order valence-corrected chi connectivity index (χ2v) is 3.02. The van der Waals surface area contributed by atoms with Gasteiger partial charge in [-0.3, -0.25) is 4.79 Å². The van der Waals surface area contributed by atoms with Crippen molar-refractivity contribution in [2.24, 2.45) is 5.73 Å². The van der Waals surface area contributed by atoms with Crippen molar-refractivity contribution in [2.75, 3.05) is 32.7 Å². The standard InChI is InChI=1S/C8H17N3O/c9-3-2-8(12)11-6-1-4-10-5-7-11/h10H,1-7,9H2. The molecule has 1 amide bonds. The Morgan fingerprint density at radius 3 is 3.00 bits per heavy atom. The minimum absolute atomic E-state index is 0.196. The van der Waals surface area contributed by atoms with Crippen LogP contribution in [0.3, 0.4) is 0 Å². The van der Waals surface area contributed by atoms with Crippen molar-refractivity contribution in [3.63, 3.8) is 0 Å². The first-order valence-electron chi connectivity index (χ1n) is 4.53. The minimum Gasteiger partial charge on any atom is -0.341 e. The van der Waals surface area contributed by atoms with Crippen molar-refractivity contribution >= 4 is 5.91 Å². The van der Waals surface area contributed by atoms with Gasteiger partial charge < -0.3 is 16.0 Å². The van der Waals surface area contributed by atoms with Crippen LogP contribution in [0.2, 0.25) is 0 Å². The molecule has 1 fully saturated rings. The van der Waals surface area contributed by atoms with Crippen LogP contribution in [-0.2, 0) is 4.79 Å². The number of nitrogens with zero attached hydrogens (tertiary/aromatic N) is 1. The Labute approximate surface area is 73.1 Å². The Kier molecular flexibility index (Phi) is 4.04. The van der Waals surface area contributed by atoms with Crippen LogP contribution in [0.15, 0.2) is 0 Å². The number of hydrogen-bond donors (Lipinski definition) is 2. The van der Waals surface area contributed by atoms with E-state index in [0.717, 1.165) is 32.6 Å². The maximum absolute atomic E-state index is 11.4. The Bertz CT molecular complexity index is 141. The number of nitrogens with one attached hydrogen (secondary N) is 1. The highest BCUT2D eigenvalue weighted by molar-refractivity contribution is 5.76. The molecule has 0 aromatic rings. The maximum Gasteiger partial charge on any atom is 0.223 e. The monoisotopic (exact) mass is 171 g/mol. The van der Waals surface area contributed by atoms with E-state index < -0.39 is 0 Å². The lowest BCUT2D eigenvalue weighted by Crippen LogP contribution is -2.35. The molecule has 1 heterocycles. The van der Waals surface area contributed by atoms with Crippen LogP contribution in [0, 0.1) is 0 Å². The van der Waals surface area contributed by atoms with Gasteiger partial charge in [0.25, 0.3) is 0 Å². The first-order chi connectivity index (χ1) is 5.84. The summed E-state index contributed by atoms with van der Waals surface area (Å²) in [5, 5.41) is 3.25. The molecular formula is C8H17N3O. The maximum atomic E-state index is 11.4. The molecule has 4 heteroatoms. The van der Waals surface area contributed by atoms with Gasteiger partial charge in [0.15, 0.2) is 0 Å². The van der Waals surface area contributed by atoms with Crippen LogP contribution in [0.1, 0.15) is 12.8 Å². The molecule has 0 spiro atoms. The first-order valence-corrected chi connectivity index (χ1v) is 4.53. The fourth-order valence-corrected chi connectivity index (χ4v) is 1.38. The highest BCUT2D eigenvalue weighted by Crippen LogP contribution is 1.97. The molecule has 4 nitrogen and oxygen atoms in total. The third-order valence-electron chi connectivity index (χ3n) is 2.05. The smallest absolute Gasteiger partial charge is 0.223 e. The lowest BCUT2D eigenvalue weighted by Gasteiger charge is -2.19. The summed E-state index contributed by atoms with van der Waals surface area (Å²) in [6.45, 7) is 4.11. The molecule has 0 aromatic heterocycles. The van der Waals surface area contributed by atoms with E-state index in [1.54, 1.807) is 0 Å². The molecule has 1 aliphatic rings. The first kappa shape index (κ1) is 9.48. The lowest BCUT2D eigenvalue weighted by molar-refractivity contribution is -0.130. The average Bonchev–Trinajstić information content (AvgIpc) is 2.32. The van der Waals surface area contributed by atoms with Crippen LogP contribution >= 0.6 is 0 Å². The van der Waals surface area contributed by atoms with E-state index in [-0.39, 0.29) is 5.91 Å². The van der Waals surface area contributed by atoms with Crippen LogP contribution < -0.4 is 11.1 Å². The molecule has 12 heavy (non-hydrogen) atoms. The lowest BCUT2D eigenvalue weighted by atomic mass is 10.3. The topological polar surface area (TPSA) is 58.4 Å². The van der Waals surface area contributed by atoms with Crippen LogP contribution in [0.25, 0.3) is 0 Å². The fourth-order valence-electron chi connectivity index (χ4n) is 1.38. The van der Waals surface area contributed by atoms with E-state index in [1.807, 2.05) is 4.90 Å². The molecule has 0 aliphatic carbocycles. The van der Waals surface area contributed by atoms with Gasteiger partial charge in [0.2, 0.25) is 5.91 Å². The number of rotatable bonds is 2. The summed E-state index contributed by atoms with van der Waals surface area (Å²) in [7, 11) is 0. The van der Waals surface area contributed by atoms with Crippen molar-refractivity contribution in [2.45, 2.75) is 12.8 Å². The molecule has 0 unspecified atom stereocenters. The van der Waals surface area contributed by atoms with E-state index in [0.29, 0.717) is 13.0 Å². The highest BCUT2D eigenvalue weighted by Gasteiger charge is 2.13. The normalized spacial score (nSPS) is 18.9. The summed E-state index contributed by atoms with van der Waals surface area (Å²) >= 11 is 0. The van der Waals surface area contributed by atoms with E-state index in [9.17, 15) is 4.79 Å². The zero-order valence-electron chi connectivity index (χ0n) is 7.38. The number of carbonyl (C=O) groups excluding carboxylic acids is 1. The van der Waals surface area contributed by atoms with E-state index in [2.05, 4.69) is 5.32 Å². The van der Waals surface area contributed by atoms with Gasteiger partial charge in [-0.1, -0.05) is 0 Å². The summed E-state index contributed by atoms with van der Waals surface area (Å²) in [6, 6.07) is 0. The van der Waals surface area contributed by atoms with Crippen LogP contribution in [0.5, 0.6) is 0 Å². The van der Waals surface area contributed by atoms with Gasteiger partial charge in [0, 0.05) is 32.6 Å². The summed E-state index contributed by atoms with van der Waals surface area (Å²) in [4.78, 5) is 13.3. The molecule has 1 aliphatic heterocycles. The second-order valence-electron chi connectivity index (χ2n) is 3.02. The third kappa shape index (κ3) is 2.79. The van der Waals surface area contributed by atoms with Gasteiger partial charge in [-0.25, -0.2) is 0 Å². The van der Waals surface area contributed by atoms with Gasteiger partial charge in [0.05, 0.1) is 0 Å². The molecular weight excluding hydrogens is 154 g/mol. The Morgan fingerprint density at radius 2 is 2.25 bits per heavy atom. The van der Waals surface area contributed by atoms with Gasteiger partial charge in [-0.05, 0) is 13.0 Å². The quantitative estimate of drug-likeness (QED) is 0.569. The van der Waals surface area contributed by atoms with E-state index in [1.165, 1.54) is 0 Å². The highest BCUT2D eigenvalue weighted by atomic mass is 16.2. The SMILES string of the molecule is NCCC(=O)N1CCCNCC1. The van der Waals surface area contributed by atoms with Gasteiger partial charge in [-0.15, -0.1) is 0 Å². The molecule has 1 saturated heterocycles. The van der Waals surface area contributed by atoms with Crippen molar-refractivity contribution in [1.29, 1.82) is 0 Å². The Hall–Kier alpha value is -0.610. The Morgan fingerprint density at radius 1 is 1.42 bits per heavy atom. The summed E-state index contributed by atoms with van der Waals surface area (Å²) in [5.74, 6) is 0.196. The van der Waals surface area contributed by atoms with Gasteiger partial charge in [-0.2, -0.15) is 0 Å². The molecule has 0 bridgehead atoms. The number of nitrogens with two attached hydrogens (primary N) is 1. The van der Waals surface area contributed by atoms with Crippen LogP contribution in [0.4, 0.5) is 0 Å². The van der Waals surface area contributed by atoms with Crippen molar-refractivity contribution < 1.29 is 4.79 Å². The summed E-state index contributed by atoms with van der Waals surface area (Å²) in [6.07, 6.45) is 1.54. The zero-order chi connectivity index (χ0) is 8.81. The molecule has 0 radical (unpaired) electrons. The summed E-state index contributed by atoms with van der Waals surface area (Å²) < 4.78 is 0. The number of hydrogen-bond acceptors (Lipinski definition) is 3. The predicted molar refractivity (Wildman–Crippen MR) is 47.7 cm³/mol.